The van der Waals surface area contributed by atoms with E-state index in [0.29, 0.717) is 0 Å². The summed E-state index contributed by atoms with van der Waals surface area (Å²) in [6, 6.07) is 16.6. The molecule has 21 heteroatoms. The second-order valence-electron chi connectivity index (χ2n) is 12.8. The third-order valence-corrected chi connectivity index (χ3v) is 15.0. The Hall–Kier alpha value is -5.97. The number of carbonyl (C=O) groups excluding carboxylic acids is 1. The third-order valence-electron chi connectivity index (χ3n) is 9.68. The number of phenols is 2. The Bertz CT molecular complexity index is 3050. The number of hydrogen-bond acceptors (Lipinski definition) is 11. The van der Waals surface area contributed by atoms with Gasteiger partial charge >= 0.3 is 6.03 Å². The number of sulfonamides is 2. The van der Waals surface area contributed by atoms with Gasteiger partial charge in [-0.05, 0) is 73.5 Å². The number of anilines is 6. The summed E-state index contributed by atoms with van der Waals surface area (Å²) in [5.74, 6) is -1.20. The highest BCUT2D eigenvalue weighted by Gasteiger charge is 2.41. The Labute approximate surface area is 318 Å². The summed E-state index contributed by atoms with van der Waals surface area (Å²) in [4.78, 5) is 11.8. The molecule has 56 heavy (non-hydrogen) atoms. The molecule has 4 bridgehead atoms. The summed E-state index contributed by atoms with van der Waals surface area (Å²) in [7, 11) is -18.4. The molecule has 0 saturated carbocycles. The van der Waals surface area contributed by atoms with Gasteiger partial charge in [0, 0.05) is 21.5 Å². The molecule has 6 N–H and O–H groups in total. The van der Waals surface area contributed by atoms with Crippen molar-refractivity contribution in [1.29, 1.82) is 0 Å². The molecule has 2 amide bonds. The predicted octanol–water partition coefficient (Wildman–Crippen LogP) is 5.84. The van der Waals surface area contributed by atoms with Crippen LogP contribution in [-0.4, -0.2) is 59.0 Å². The van der Waals surface area contributed by atoms with Crippen LogP contribution in [0.3, 0.4) is 0 Å². The summed E-state index contributed by atoms with van der Waals surface area (Å²) in [6.07, 6.45) is 0. The average Bonchev–Trinajstić information content (AvgIpc) is 3.11. The molecule has 4 heterocycles. The summed E-state index contributed by atoms with van der Waals surface area (Å²) >= 11 is 0. The molecule has 17 nitrogen and oxygen atoms in total. The lowest BCUT2D eigenvalue weighted by Gasteiger charge is -2.35. The Kier molecular flexibility index (Phi) is 7.93. The van der Waals surface area contributed by atoms with Crippen LogP contribution in [0.5, 0.6) is 11.5 Å². The van der Waals surface area contributed by atoms with Gasteiger partial charge in [0.1, 0.15) is 31.1 Å². The molecule has 0 saturated heterocycles. The Morgan fingerprint density at radius 3 is 1.25 bits per heavy atom. The van der Waals surface area contributed by atoms with Gasteiger partial charge in [-0.3, -0.25) is 9.11 Å². The van der Waals surface area contributed by atoms with Crippen molar-refractivity contribution in [1.82, 2.24) is 0 Å². The van der Waals surface area contributed by atoms with Gasteiger partial charge in [-0.2, -0.15) is 16.8 Å². The summed E-state index contributed by atoms with van der Waals surface area (Å²) in [5.41, 5.74) is -0.260. The fourth-order valence-corrected chi connectivity index (χ4v) is 12.1. The number of nitrogens with zero attached hydrogens (tertiary/aromatic N) is 2. The largest absolute Gasteiger partial charge is 0.505 e. The van der Waals surface area contributed by atoms with Crippen molar-refractivity contribution in [2.24, 2.45) is 0 Å². The van der Waals surface area contributed by atoms with Gasteiger partial charge in [0.2, 0.25) is 0 Å². The van der Waals surface area contributed by atoms with Crippen LogP contribution in [0.25, 0.3) is 21.5 Å². The Morgan fingerprint density at radius 1 is 0.536 bits per heavy atom. The number of urea groups is 1. The summed E-state index contributed by atoms with van der Waals surface area (Å²) < 4.78 is 125. The number of hydrogen-bond donors (Lipinski definition) is 6. The van der Waals surface area contributed by atoms with Crippen LogP contribution < -0.4 is 19.2 Å². The van der Waals surface area contributed by atoms with E-state index in [4.69, 9.17) is 0 Å². The van der Waals surface area contributed by atoms with Gasteiger partial charge in [0.05, 0.1) is 34.1 Å². The molecular weight excluding hydrogens is 813 g/mol. The Balaban J connectivity index is 1.13. The van der Waals surface area contributed by atoms with E-state index in [1.54, 1.807) is 0 Å². The lowest BCUT2D eigenvalue weighted by atomic mass is 10.1. The number of nitrogens with one attached hydrogen (secondary N) is 2. The maximum absolute atomic E-state index is 14.0. The molecule has 0 fully saturated rings. The van der Waals surface area contributed by atoms with Crippen molar-refractivity contribution < 1.29 is 57.8 Å². The highest BCUT2D eigenvalue weighted by molar-refractivity contribution is 7.94. The topological polar surface area (TPSA) is 265 Å². The molecule has 10 rings (SSSR count). The van der Waals surface area contributed by atoms with E-state index >= 15 is 0 Å². The van der Waals surface area contributed by atoms with E-state index in [-0.39, 0.29) is 76.6 Å². The van der Waals surface area contributed by atoms with Crippen LogP contribution in [-0.2, 0) is 40.3 Å². The molecule has 4 aliphatic heterocycles. The number of benzene rings is 6. The molecule has 6 aromatic carbocycles. The second-order valence-corrected chi connectivity index (χ2v) is 19.1. The van der Waals surface area contributed by atoms with Gasteiger partial charge in [-0.1, -0.05) is 36.4 Å². The zero-order valence-electron chi connectivity index (χ0n) is 28.6. The van der Waals surface area contributed by atoms with Gasteiger partial charge in [0.15, 0.2) is 0 Å². The first kappa shape index (κ1) is 37.0. The minimum Gasteiger partial charge on any atom is -0.505 e. The first-order valence-electron chi connectivity index (χ1n) is 16.1. The number of amides is 2. The van der Waals surface area contributed by atoms with Crippen molar-refractivity contribution in [2.75, 3.05) is 19.2 Å². The molecule has 0 aliphatic carbocycles. The fourth-order valence-electron chi connectivity index (χ4n) is 7.15. The molecule has 0 aromatic heterocycles. The van der Waals surface area contributed by atoms with Crippen LogP contribution >= 0.6 is 0 Å². The average molecular weight is 839 g/mol. The second kappa shape index (κ2) is 12.0. The summed E-state index contributed by atoms with van der Waals surface area (Å²) in [6.45, 7) is 3.00. The molecular formula is C35H26N4O13S4. The third kappa shape index (κ3) is 5.27. The summed E-state index contributed by atoms with van der Waals surface area (Å²) in [5, 5.41) is 27.2. The minimum absolute atomic E-state index is 0.0213. The Morgan fingerprint density at radius 2 is 0.893 bits per heavy atom. The quantitative estimate of drug-likeness (QED) is 0.108. The van der Waals surface area contributed by atoms with Crippen LogP contribution in [0.1, 0.15) is 11.1 Å². The SMILES string of the molecule is Cc1c2ccc(c1NC(=O)Nc1c3ccc(c1C)N(c1ccc4c(S(=O)(=O)O)cccc4c1O)S3(=O)=O)S(=O)(=O)N2c1ccc2c(S(=O)(=O)O)cccc2c1O. The first-order valence-corrected chi connectivity index (χ1v) is 21.8. The monoisotopic (exact) mass is 838 g/mol. The van der Waals surface area contributed by atoms with Crippen LogP contribution in [0, 0.1) is 13.8 Å². The molecule has 0 atom stereocenters. The van der Waals surface area contributed by atoms with Gasteiger partial charge in [0.25, 0.3) is 40.3 Å². The normalized spacial score (nSPS) is 15.4. The number of phenolic OH excluding ortho intramolecular Hbond substituents is 2. The van der Waals surface area contributed by atoms with E-state index in [1.165, 1.54) is 86.6 Å². The number of rotatable bonds is 6. The number of carbonyl (C=O) groups is 1. The van der Waals surface area contributed by atoms with E-state index in [1.807, 2.05) is 0 Å². The zero-order valence-corrected chi connectivity index (χ0v) is 31.8. The lowest BCUT2D eigenvalue weighted by molar-refractivity contribution is 0.262. The molecule has 0 spiro atoms. The minimum atomic E-state index is -4.69. The van der Waals surface area contributed by atoms with Gasteiger partial charge in [-0.15, -0.1) is 0 Å². The smallest absolute Gasteiger partial charge is 0.323 e. The predicted molar refractivity (Wildman–Crippen MR) is 205 cm³/mol. The maximum atomic E-state index is 14.0. The highest BCUT2D eigenvalue weighted by atomic mass is 32.2. The maximum Gasteiger partial charge on any atom is 0.323 e. The van der Waals surface area contributed by atoms with Gasteiger partial charge in [-0.25, -0.2) is 30.2 Å². The van der Waals surface area contributed by atoms with E-state index < -0.39 is 67.6 Å². The van der Waals surface area contributed by atoms with Crippen LogP contribution in [0.4, 0.5) is 38.9 Å². The molecule has 0 radical (unpaired) electrons. The van der Waals surface area contributed by atoms with Crippen molar-refractivity contribution in [3.63, 3.8) is 0 Å². The molecule has 0 unspecified atom stereocenters. The van der Waals surface area contributed by atoms with E-state index in [9.17, 15) is 57.8 Å². The zero-order chi connectivity index (χ0) is 40.4. The number of fused-ring (bicyclic) bond motifs is 8. The van der Waals surface area contributed by atoms with E-state index in [2.05, 4.69) is 10.6 Å². The molecule has 288 valence electrons. The van der Waals surface area contributed by atoms with Crippen molar-refractivity contribution in [3.05, 3.63) is 96.1 Å². The van der Waals surface area contributed by atoms with Crippen molar-refractivity contribution in [3.8, 4) is 11.5 Å². The first-order chi connectivity index (χ1) is 26.2. The molecule has 4 aliphatic rings. The van der Waals surface area contributed by atoms with Gasteiger partial charge < -0.3 is 20.8 Å². The molecule has 6 aromatic rings. The van der Waals surface area contributed by atoms with Crippen molar-refractivity contribution >= 4 is 102 Å². The van der Waals surface area contributed by atoms with Crippen LogP contribution in [0.15, 0.2) is 105 Å². The van der Waals surface area contributed by atoms with E-state index in [0.717, 1.165) is 20.7 Å². The van der Waals surface area contributed by atoms with Crippen molar-refractivity contribution in [2.45, 2.75) is 33.4 Å². The lowest BCUT2D eigenvalue weighted by Crippen LogP contribution is -2.35. The number of aromatic hydroxyl groups is 2. The van der Waals surface area contributed by atoms with Crippen LogP contribution in [0.2, 0.25) is 0 Å². The standard InChI is InChI=1S/C35H26N4O13S4/c1-17-23-13-15-29(53(43,44)38(23)25-11-9-19-21(33(25)40)5-3-7-27(19)55(47,48)49)31(17)36-35(42)37-32-18(2)24-14-16-30(32)54(45,46)39(24)26-12-10-20-22(34(26)41)6-4-8-28(20)56(50,51)52/h3-16,40-41H,1-2H3,(H2,36,37,42)(H,47,48,49)(H,50,51,52). The highest BCUT2D eigenvalue weighted by Crippen LogP contribution is 2.52. The fraction of sp³-hybridized carbons (Fsp3) is 0.0571.